The second-order valence-electron chi connectivity index (χ2n) is 9.69. The molecule has 4 rings (SSSR count). The molecule has 1 heterocycles. The molecule has 1 spiro atoms. The van der Waals surface area contributed by atoms with Crippen LogP contribution in [0.4, 0.5) is 5.69 Å². The summed E-state index contributed by atoms with van der Waals surface area (Å²) in [5.74, 6) is -0.988. The third-order valence-corrected chi connectivity index (χ3v) is 9.43. The molecule has 2 aliphatic carbocycles. The largest absolute Gasteiger partial charge is 0.325 e. The zero-order chi connectivity index (χ0) is 23.6. The van der Waals surface area contributed by atoms with Crippen molar-refractivity contribution in [2.45, 2.75) is 81.6 Å². The molecular formula is C24H33N3O5S. The van der Waals surface area contributed by atoms with E-state index in [4.69, 9.17) is 0 Å². The molecule has 0 aromatic heterocycles. The van der Waals surface area contributed by atoms with Crippen LogP contribution in [0.2, 0.25) is 0 Å². The molecule has 2 saturated carbocycles. The number of sulfonamides is 1. The van der Waals surface area contributed by atoms with Crippen molar-refractivity contribution in [2.24, 2.45) is 5.41 Å². The van der Waals surface area contributed by atoms with E-state index < -0.39 is 21.3 Å². The van der Waals surface area contributed by atoms with E-state index in [1.165, 1.54) is 28.6 Å². The lowest BCUT2D eigenvalue weighted by molar-refractivity contribution is -0.144. The van der Waals surface area contributed by atoms with Crippen molar-refractivity contribution in [3.8, 4) is 0 Å². The number of amides is 3. The van der Waals surface area contributed by atoms with E-state index in [1.807, 2.05) is 0 Å². The van der Waals surface area contributed by atoms with Crippen LogP contribution in [0.3, 0.4) is 0 Å². The van der Waals surface area contributed by atoms with Crippen LogP contribution in [0.1, 0.15) is 70.6 Å². The summed E-state index contributed by atoms with van der Waals surface area (Å²) < 4.78 is 27.4. The minimum absolute atomic E-state index is 0.0196. The first-order valence-electron chi connectivity index (χ1n) is 12.0. The van der Waals surface area contributed by atoms with Gasteiger partial charge in [-0.3, -0.25) is 19.3 Å². The molecule has 33 heavy (non-hydrogen) atoms. The number of rotatable bonds is 6. The Hall–Kier alpha value is -2.26. The molecular weight excluding hydrogens is 442 g/mol. The first kappa shape index (κ1) is 23.9. The Balaban J connectivity index is 1.37. The molecule has 3 fully saturated rings. The molecule has 3 amide bonds. The van der Waals surface area contributed by atoms with Gasteiger partial charge in [-0.2, -0.15) is 4.31 Å². The number of nitrogens with zero attached hydrogens (tertiary/aromatic N) is 2. The average Bonchev–Trinajstić information content (AvgIpc) is 3.03. The Kier molecular flexibility index (Phi) is 6.91. The highest BCUT2D eigenvalue weighted by molar-refractivity contribution is 7.89. The van der Waals surface area contributed by atoms with Gasteiger partial charge >= 0.3 is 0 Å². The number of carbonyl (C=O) groups is 3. The maximum absolute atomic E-state index is 13.0. The number of nitrogens with one attached hydrogen (secondary N) is 1. The minimum Gasteiger partial charge on any atom is -0.325 e. The van der Waals surface area contributed by atoms with E-state index >= 15 is 0 Å². The number of carbonyl (C=O) groups excluding carboxylic acids is 3. The molecule has 1 saturated heterocycles. The van der Waals surface area contributed by atoms with Crippen LogP contribution in [-0.2, 0) is 24.4 Å². The van der Waals surface area contributed by atoms with Gasteiger partial charge in [-0.1, -0.05) is 38.5 Å². The third kappa shape index (κ3) is 4.84. The summed E-state index contributed by atoms with van der Waals surface area (Å²) in [4.78, 5) is 39.1. The predicted molar refractivity (Wildman–Crippen MR) is 124 cm³/mol. The molecule has 0 bridgehead atoms. The average molecular weight is 476 g/mol. The van der Waals surface area contributed by atoms with Gasteiger partial charge in [0.15, 0.2) is 0 Å². The second kappa shape index (κ2) is 9.54. The fraction of sp³-hybridized carbons (Fsp3) is 0.625. The molecule has 8 nitrogen and oxygen atoms in total. The van der Waals surface area contributed by atoms with Crippen LogP contribution in [0.25, 0.3) is 0 Å². The fourth-order valence-electron chi connectivity index (χ4n) is 5.50. The van der Waals surface area contributed by atoms with E-state index in [0.717, 1.165) is 56.3 Å². The summed E-state index contributed by atoms with van der Waals surface area (Å²) >= 11 is 0. The Morgan fingerprint density at radius 3 is 2.27 bits per heavy atom. The maximum Gasteiger partial charge on any atom is 0.244 e. The maximum atomic E-state index is 13.0. The SMILES string of the molecule is CN(C1CCCCC1)S(=O)(=O)c1ccc(NC(=O)CN2C(=O)CC3(CCCCC3)C2=O)cc1. The van der Waals surface area contributed by atoms with E-state index in [2.05, 4.69) is 5.32 Å². The molecule has 1 N–H and O–H groups in total. The minimum atomic E-state index is -3.61. The lowest BCUT2D eigenvalue weighted by Crippen LogP contribution is -2.41. The molecule has 9 heteroatoms. The Morgan fingerprint density at radius 1 is 1.03 bits per heavy atom. The first-order chi connectivity index (χ1) is 15.7. The smallest absolute Gasteiger partial charge is 0.244 e. The quantitative estimate of drug-likeness (QED) is 0.636. The van der Waals surface area contributed by atoms with Gasteiger partial charge in [-0.25, -0.2) is 8.42 Å². The lowest BCUT2D eigenvalue weighted by atomic mass is 9.73. The van der Waals surface area contributed by atoms with Gasteiger partial charge in [-0.15, -0.1) is 0 Å². The number of hydrogen-bond donors (Lipinski definition) is 1. The second-order valence-corrected chi connectivity index (χ2v) is 11.7. The van der Waals surface area contributed by atoms with Gasteiger partial charge in [0, 0.05) is 25.2 Å². The topological polar surface area (TPSA) is 104 Å². The highest BCUT2D eigenvalue weighted by Gasteiger charge is 2.51. The molecule has 0 radical (unpaired) electrons. The fourth-order valence-corrected chi connectivity index (χ4v) is 6.92. The summed E-state index contributed by atoms with van der Waals surface area (Å²) in [5, 5.41) is 2.68. The van der Waals surface area contributed by atoms with Gasteiger partial charge < -0.3 is 5.32 Å². The van der Waals surface area contributed by atoms with Gasteiger partial charge in [0.2, 0.25) is 27.7 Å². The van der Waals surface area contributed by atoms with Crippen LogP contribution in [-0.4, -0.2) is 55.0 Å². The van der Waals surface area contributed by atoms with Crippen molar-refractivity contribution in [2.75, 3.05) is 18.9 Å². The zero-order valence-electron chi connectivity index (χ0n) is 19.2. The normalized spacial score (nSPS) is 21.7. The molecule has 1 aliphatic heterocycles. The molecule has 3 aliphatic rings. The summed E-state index contributed by atoms with van der Waals surface area (Å²) in [6, 6.07) is 6.05. The summed E-state index contributed by atoms with van der Waals surface area (Å²) in [5.41, 5.74) is -0.193. The van der Waals surface area contributed by atoms with E-state index in [-0.39, 0.29) is 35.7 Å². The van der Waals surface area contributed by atoms with Crippen molar-refractivity contribution in [1.82, 2.24) is 9.21 Å². The van der Waals surface area contributed by atoms with Crippen molar-refractivity contribution >= 4 is 33.4 Å². The van der Waals surface area contributed by atoms with Crippen LogP contribution in [0.15, 0.2) is 29.2 Å². The number of likely N-dealkylation sites (tertiary alicyclic amines) is 1. The van der Waals surface area contributed by atoms with Gasteiger partial charge in [0.1, 0.15) is 6.54 Å². The number of hydrogen-bond acceptors (Lipinski definition) is 5. The van der Waals surface area contributed by atoms with Gasteiger partial charge in [0.05, 0.1) is 10.3 Å². The molecule has 0 atom stereocenters. The van der Waals surface area contributed by atoms with Crippen LogP contribution in [0.5, 0.6) is 0 Å². The van der Waals surface area contributed by atoms with Crippen LogP contribution in [0, 0.1) is 5.41 Å². The van der Waals surface area contributed by atoms with Crippen molar-refractivity contribution in [1.29, 1.82) is 0 Å². The Bertz CT molecular complexity index is 1010. The van der Waals surface area contributed by atoms with Gasteiger partial charge in [-0.05, 0) is 49.9 Å². The first-order valence-corrected chi connectivity index (χ1v) is 13.4. The highest BCUT2D eigenvalue weighted by Crippen LogP contribution is 2.45. The summed E-state index contributed by atoms with van der Waals surface area (Å²) in [6.45, 7) is -0.316. The van der Waals surface area contributed by atoms with Crippen molar-refractivity contribution in [3.05, 3.63) is 24.3 Å². The van der Waals surface area contributed by atoms with Crippen molar-refractivity contribution < 1.29 is 22.8 Å². The summed E-state index contributed by atoms with van der Waals surface area (Å²) in [6.07, 6.45) is 9.53. The van der Waals surface area contributed by atoms with Crippen molar-refractivity contribution in [3.63, 3.8) is 0 Å². The van der Waals surface area contributed by atoms with Crippen LogP contribution < -0.4 is 5.32 Å². The third-order valence-electron chi connectivity index (χ3n) is 7.51. The summed E-state index contributed by atoms with van der Waals surface area (Å²) in [7, 11) is -1.98. The van der Waals surface area contributed by atoms with Crippen LogP contribution >= 0.6 is 0 Å². The number of benzene rings is 1. The Morgan fingerprint density at radius 2 is 1.64 bits per heavy atom. The standard InChI is InChI=1S/C24H33N3O5S/c1-26(19-8-4-2-5-9-19)33(31,32)20-12-10-18(11-13-20)25-21(28)17-27-22(29)16-24(23(27)30)14-6-3-7-15-24/h10-13,19H,2-9,14-17H2,1H3,(H,25,28). The van der Waals surface area contributed by atoms with E-state index in [9.17, 15) is 22.8 Å². The van der Waals surface area contributed by atoms with Gasteiger partial charge in [0.25, 0.3) is 0 Å². The van der Waals surface area contributed by atoms with E-state index in [1.54, 1.807) is 7.05 Å². The number of imide groups is 1. The molecule has 1 aromatic carbocycles. The molecule has 1 aromatic rings. The monoisotopic (exact) mass is 475 g/mol. The molecule has 0 unspecified atom stereocenters. The van der Waals surface area contributed by atoms with E-state index in [0.29, 0.717) is 18.5 Å². The number of anilines is 1. The lowest BCUT2D eigenvalue weighted by Gasteiger charge is -2.30. The highest BCUT2D eigenvalue weighted by atomic mass is 32.2. The zero-order valence-corrected chi connectivity index (χ0v) is 20.0. The molecule has 180 valence electrons. The Labute approximate surface area is 195 Å². The predicted octanol–water partition coefficient (Wildman–Crippen LogP) is 3.29.